The fourth-order valence-corrected chi connectivity index (χ4v) is 4.47. The van der Waals surface area contributed by atoms with Crippen LogP contribution in [0.3, 0.4) is 0 Å². The molecule has 2 heterocycles. The number of nitrogen functional groups attached to an aromatic ring is 1. The van der Waals surface area contributed by atoms with Gasteiger partial charge in [-0.1, -0.05) is 19.3 Å². The summed E-state index contributed by atoms with van der Waals surface area (Å²) in [5, 5.41) is 1.22. The molecule has 0 aliphatic heterocycles. The molecule has 1 aliphatic rings. The predicted octanol–water partition coefficient (Wildman–Crippen LogP) is 5.25. The van der Waals surface area contributed by atoms with Crippen LogP contribution in [0.1, 0.15) is 82.8 Å². The normalized spacial score (nSPS) is 21.8. The van der Waals surface area contributed by atoms with E-state index in [1.54, 1.807) is 6.20 Å². The smallest absolute Gasteiger partial charge is 0.309 e. The Morgan fingerprint density at radius 1 is 1.18 bits per heavy atom. The first-order valence-electron chi connectivity index (χ1n) is 10.6. The van der Waals surface area contributed by atoms with E-state index >= 15 is 0 Å². The van der Waals surface area contributed by atoms with Crippen LogP contribution < -0.4 is 5.73 Å². The average Bonchev–Trinajstić information content (AvgIpc) is 2.99. The van der Waals surface area contributed by atoms with Crippen molar-refractivity contribution in [2.75, 3.05) is 5.73 Å². The molecule has 2 N–H and O–H groups in total. The van der Waals surface area contributed by atoms with Crippen LogP contribution in [-0.2, 0) is 16.6 Å². The molecule has 5 nitrogen and oxygen atoms in total. The number of ether oxygens (including phenoxy) is 1. The molecule has 0 radical (unpaired) electrons. The average molecular weight is 386 g/mol. The van der Waals surface area contributed by atoms with Gasteiger partial charge in [0.1, 0.15) is 11.2 Å². The van der Waals surface area contributed by atoms with Crippen molar-refractivity contribution in [1.29, 1.82) is 0 Å². The molecule has 1 fully saturated rings. The summed E-state index contributed by atoms with van der Waals surface area (Å²) in [5.74, 6) is 0.497. The van der Waals surface area contributed by atoms with E-state index in [0.717, 1.165) is 61.8 Å². The standard InChI is InChI=1S/C23H35N3O2/c1-15-19(24)13-25-21-20(15)18(14-26(21)5)16-9-6-7-10-17(12-8-11-16)22(27)28-23(2,3)4/h13-14,16-17H,6-12,24H2,1-5H3. The number of hydrogen-bond donors (Lipinski definition) is 1. The predicted molar refractivity (Wildman–Crippen MR) is 114 cm³/mol. The molecule has 1 aliphatic carbocycles. The summed E-state index contributed by atoms with van der Waals surface area (Å²) in [6.45, 7) is 7.92. The molecular weight excluding hydrogens is 350 g/mol. The zero-order chi connectivity index (χ0) is 20.5. The lowest BCUT2D eigenvalue weighted by atomic mass is 9.88. The Morgan fingerprint density at radius 2 is 1.82 bits per heavy atom. The number of carbonyl (C=O) groups is 1. The second kappa shape index (κ2) is 8.14. The molecule has 0 aromatic carbocycles. The monoisotopic (exact) mass is 385 g/mol. The van der Waals surface area contributed by atoms with Gasteiger partial charge in [0.05, 0.1) is 17.8 Å². The van der Waals surface area contributed by atoms with Gasteiger partial charge in [0.15, 0.2) is 0 Å². The van der Waals surface area contributed by atoms with Crippen molar-refractivity contribution in [2.24, 2.45) is 13.0 Å². The van der Waals surface area contributed by atoms with Crippen LogP contribution in [0, 0.1) is 12.8 Å². The second-order valence-electron chi connectivity index (χ2n) is 9.38. The Balaban J connectivity index is 1.79. The van der Waals surface area contributed by atoms with Crippen molar-refractivity contribution < 1.29 is 9.53 Å². The van der Waals surface area contributed by atoms with Crippen LogP contribution >= 0.6 is 0 Å². The van der Waals surface area contributed by atoms with Gasteiger partial charge in [-0.05, 0) is 70.4 Å². The van der Waals surface area contributed by atoms with Crippen LogP contribution in [-0.4, -0.2) is 21.1 Å². The number of esters is 1. The number of carbonyl (C=O) groups excluding carboxylic acids is 1. The number of hydrogen-bond acceptors (Lipinski definition) is 4. The number of rotatable bonds is 2. The van der Waals surface area contributed by atoms with E-state index in [1.807, 2.05) is 20.8 Å². The van der Waals surface area contributed by atoms with E-state index in [-0.39, 0.29) is 11.9 Å². The molecule has 0 amide bonds. The first-order valence-corrected chi connectivity index (χ1v) is 10.6. The van der Waals surface area contributed by atoms with Crippen molar-refractivity contribution in [2.45, 2.75) is 84.2 Å². The third-order valence-electron chi connectivity index (χ3n) is 5.95. The Morgan fingerprint density at radius 3 is 2.54 bits per heavy atom. The number of anilines is 1. The van der Waals surface area contributed by atoms with Gasteiger partial charge >= 0.3 is 5.97 Å². The number of aryl methyl sites for hydroxylation is 2. The summed E-state index contributed by atoms with van der Waals surface area (Å²) in [4.78, 5) is 17.1. The molecule has 2 atom stereocenters. The maximum atomic E-state index is 12.6. The molecule has 2 unspecified atom stereocenters. The Labute approximate surface area is 168 Å². The lowest BCUT2D eigenvalue weighted by Crippen LogP contribution is -2.28. The highest BCUT2D eigenvalue weighted by atomic mass is 16.6. The number of fused-ring (bicyclic) bond motifs is 1. The molecule has 5 heteroatoms. The van der Waals surface area contributed by atoms with Gasteiger partial charge in [-0.15, -0.1) is 0 Å². The zero-order valence-electron chi connectivity index (χ0n) is 18.0. The maximum Gasteiger partial charge on any atom is 0.309 e. The van der Waals surface area contributed by atoms with Crippen LogP contribution in [0.25, 0.3) is 11.0 Å². The van der Waals surface area contributed by atoms with Gasteiger partial charge in [-0.3, -0.25) is 4.79 Å². The van der Waals surface area contributed by atoms with Gasteiger partial charge < -0.3 is 15.0 Å². The number of pyridine rings is 1. The van der Waals surface area contributed by atoms with Crippen LogP contribution in [0.5, 0.6) is 0 Å². The zero-order valence-corrected chi connectivity index (χ0v) is 18.0. The van der Waals surface area contributed by atoms with Crippen molar-refractivity contribution >= 4 is 22.7 Å². The lowest BCUT2D eigenvalue weighted by molar-refractivity contribution is -0.160. The molecule has 2 aromatic heterocycles. The van der Waals surface area contributed by atoms with Crippen molar-refractivity contribution in [3.63, 3.8) is 0 Å². The molecule has 1 saturated carbocycles. The third kappa shape index (κ3) is 4.50. The minimum atomic E-state index is -0.411. The van der Waals surface area contributed by atoms with E-state index in [2.05, 4.69) is 29.7 Å². The Kier molecular flexibility index (Phi) is 6.01. The lowest BCUT2D eigenvalue weighted by Gasteiger charge is -2.23. The second-order valence-corrected chi connectivity index (χ2v) is 9.38. The molecule has 154 valence electrons. The molecule has 0 saturated heterocycles. The van der Waals surface area contributed by atoms with Gasteiger partial charge in [-0.25, -0.2) is 4.98 Å². The summed E-state index contributed by atoms with van der Waals surface area (Å²) >= 11 is 0. The highest BCUT2D eigenvalue weighted by Crippen LogP contribution is 2.38. The molecule has 3 rings (SSSR count). The molecule has 0 spiro atoms. The van der Waals surface area contributed by atoms with E-state index in [0.29, 0.717) is 5.92 Å². The van der Waals surface area contributed by atoms with Crippen LogP contribution in [0.2, 0.25) is 0 Å². The summed E-state index contributed by atoms with van der Waals surface area (Å²) in [6.07, 6.45) is 11.3. The van der Waals surface area contributed by atoms with E-state index in [1.165, 1.54) is 10.9 Å². The van der Waals surface area contributed by atoms with Crippen LogP contribution in [0.4, 0.5) is 5.69 Å². The van der Waals surface area contributed by atoms with Gasteiger partial charge in [-0.2, -0.15) is 0 Å². The highest BCUT2D eigenvalue weighted by Gasteiger charge is 2.27. The minimum absolute atomic E-state index is 0.0241. The van der Waals surface area contributed by atoms with Gasteiger partial charge in [0, 0.05) is 18.6 Å². The molecule has 2 aromatic rings. The Bertz CT molecular complexity index is 848. The van der Waals surface area contributed by atoms with E-state index in [4.69, 9.17) is 10.5 Å². The SMILES string of the molecule is Cc1c(N)cnc2c1c(C1CCCCC(C(=O)OC(C)(C)C)CCC1)cn2C. The highest BCUT2D eigenvalue weighted by molar-refractivity contribution is 5.88. The summed E-state index contributed by atoms with van der Waals surface area (Å²) in [5.41, 5.74) is 10.0. The van der Waals surface area contributed by atoms with Gasteiger partial charge in [0.2, 0.25) is 0 Å². The summed E-state index contributed by atoms with van der Waals surface area (Å²) in [6, 6.07) is 0. The number of aromatic nitrogens is 2. The fourth-order valence-electron chi connectivity index (χ4n) is 4.47. The van der Waals surface area contributed by atoms with Crippen molar-refractivity contribution in [3.05, 3.63) is 23.5 Å². The first kappa shape index (κ1) is 20.7. The van der Waals surface area contributed by atoms with E-state index < -0.39 is 5.60 Å². The molecular formula is C23H35N3O2. The molecule has 0 bridgehead atoms. The quantitative estimate of drug-likeness (QED) is 0.717. The number of nitrogens with two attached hydrogens (primary N) is 1. The minimum Gasteiger partial charge on any atom is -0.460 e. The first-order chi connectivity index (χ1) is 13.2. The summed E-state index contributed by atoms with van der Waals surface area (Å²) in [7, 11) is 2.06. The maximum absolute atomic E-state index is 12.6. The molecule has 28 heavy (non-hydrogen) atoms. The van der Waals surface area contributed by atoms with Gasteiger partial charge in [0.25, 0.3) is 0 Å². The third-order valence-corrected chi connectivity index (χ3v) is 5.95. The van der Waals surface area contributed by atoms with Crippen LogP contribution in [0.15, 0.2) is 12.4 Å². The fraction of sp³-hybridized carbons (Fsp3) is 0.652. The Hall–Kier alpha value is -2.04. The number of nitrogens with zero attached hydrogens (tertiary/aromatic N) is 2. The van der Waals surface area contributed by atoms with Crippen molar-refractivity contribution in [3.8, 4) is 0 Å². The topological polar surface area (TPSA) is 70.1 Å². The summed E-state index contributed by atoms with van der Waals surface area (Å²) < 4.78 is 7.77. The van der Waals surface area contributed by atoms with Crippen molar-refractivity contribution in [1.82, 2.24) is 9.55 Å². The van der Waals surface area contributed by atoms with E-state index in [9.17, 15) is 4.79 Å². The largest absolute Gasteiger partial charge is 0.460 e.